The van der Waals surface area contributed by atoms with Crippen molar-refractivity contribution in [2.45, 2.75) is 32.8 Å². The molecule has 1 heterocycles. The number of aromatic nitrogens is 2. The lowest BCUT2D eigenvalue weighted by Crippen LogP contribution is -2.02. The van der Waals surface area contributed by atoms with Crippen LogP contribution in [0.4, 0.5) is 4.39 Å². The van der Waals surface area contributed by atoms with E-state index in [1.807, 2.05) is 0 Å². The van der Waals surface area contributed by atoms with Crippen molar-refractivity contribution in [2.75, 3.05) is 0 Å². The second-order valence-electron chi connectivity index (χ2n) is 4.44. The fraction of sp³-hybridized carbons (Fsp3) is 0.333. The van der Waals surface area contributed by atoms with E-state index in [4.69, 9.17) is 16.3 Å². The highest BCUT2D eigenvalue weighted by Crippen LogP contribution is 2.20. The molecule has 3 nitrogen and oxygen atoms in total. The van der Waals surface area contributed by atoms with Crippen LogP contribution in [0, 0.1) is 5.82 Å². The van der Waals surface area contributed by atoms with Gasteiger partial charge >= 0.3 is 0 Å². The molecule has 20 heavy (non-hydrogen) atoms. The molecule has 0 unspecified atom stereocenters. The third-order valence-electron chi connectivity index (χ3n) is 2.89. The van der Waals surface area contributed by atoms with Gasteiger partial charge in [-0.3, -0.25) is 4.98 Å². The van der Waals surface area contributed by atoms with Crippen LogP contribution >= 0.6 is 11.6 Å². The summed E-state index contributed by atoms with van der Waals surface area (Å²) < 4.78 is 19.0. The minimum atomic E-state index is -0.384. The van der Waals surface area contributed by atoms with E-state index >= 15 is 0 Å². The first-order valence-electron chi connectivity index (χ1n) is 6.57. The summed E-state index contributed by atoms with van der Waals surface area (Å²) in [6, 6.07) is 4.54. The molecule has 1 aromatic carbocycles. The van der Waals surface area contributed by atoms with Crippen molar-refractivity contribution >= 4 is 11.6 Å². The molecule has 0 radical (unpaired) electrons. The highest BCUT2D eigenvalue weighted by molar-refractivity contribution is 6.31. The molecule has 0 atom stereocenters. The maximum absolute atomic E-state index is 13.6. The molecule has 0 N–H and O–H groups in total. The topological polar surface area (TPSA) is 35.0 Å². The monoisotopic (exact) mass is 294 g/mol. The zero-order valence-electron chi connectivity index (χ0n) is 11.3. The van der Waals surface area contributed by atoms with Crippen LogP contribution in [0.2, 0.25) is 5.02 Å². The Hall–Kier alpha value is -1.68. The van der Waals surface area contributed by atoms with Gasteiger partial charge in [-0.1, -0.05) is 31.0 Å². The smallest absolute Gasteiger partial charge is 0.232 e. The second-order valence-corrected chi connectivity index (χ2v) is 4.85. The quantitative estimate of drug-likeness (QED) is 0.801. The Labute approximate surface area is 122 Å². The Kier molecular flexibility index (Phi) is 5.30. The van der Waals surface area contributed by atoms with Crippen LogP contribution in [0.15, 0.2) is 30.6 Å². The Morgan fingerprint density at radius 2 is 2.10 bits per heavy atom. The zero-order valence-corrected chi connectivity index (χ0v) is 12.0. The first kappa shape index (κ1) is 14.7. The van der Waals surface area contributed by atoms with Crippen molar-refractivity contribution in [3.8, 4) is 5.88 Å². The molecule has 0 saturated carbocycles. The van der Waals surface area contributed by atoms with Crippen LogP contribution in [-0.4, -0.2) is 9.97 Å². The van der Waals surface area contributed by atoms with Gasteiger partial charge in [0, 0.05) is 5.56 Å². The summed E-state index contributed by atoms with van der Waals surface area (Å²) >= 11 is 5.92. The van der Waals surface area contributed by atoms with Crippen molar-refractivity contribution < 1.29 is 9.13 Å². The molecule has 0 bridgehead atoms. The first-order valence-corrected chi connectivity index (χ1v) is 6.95. The minimum absolute atomic E-state index is 0.0362. The minimum Gasteiger partial charge on any atom is -0.472 e. The maximum atomic E-state index is 13.6. The van der Waals surface area contributed by atoms with Crippen LogP contribution in [-0.2, 0) is 13.0 Å². The highest BCUT2D eigenvalue weighted by Gasteiger charge is 2.08. The van der Waals surface area contributed by atoms with Gasteiger partial charge in [0.1, 0.15) is 12.4 Å². The van der Waals surface area contributed by atoms with E-state index in [-0.39, 0.29) is 12.4 Å². The van der Waals surface area contributed by atoms with E-state index in [0.717, 1.165) is 25.0 Å². The lowest BCUT2D eigenvalue weighted by molar-refractivity contribution is 0.286. The Balaban J connectivity index is 1.97. The summed E-state index contributed by atoms with van der Waals surface area (Å²) in [5.74, 6) is -0.0189. The Morgan fingerprint density at radius 3 is 2.75 bits per heavy atom. The van der Waals surface area contributed by atoms with E-state index in [0.29, 0.717) is 16.5 Å². The number of hydrogen-bond donors (Lipinski definition) is 0. The molecule has 0 saturated heterocycles. The average molecular weight is 295 g/mol. The predicted molar refractivity (Wildman–Crippen MR) is 76.4 cm³/mol. The second kappa shape index (κ2) is 7.20. The molecular weight excluding hydrogens is 279 g/mol. The Morgan fingerprint density at radius 1 is 1.25 bits per heavy atom. The zero-order chi connectivity index (χ0) is 14.4. The summed E-state index contributed by atoms with van der Waals surface area (Å²) in [5.41, 5.74) is 1.26. The predicted octanol–water partition coefficient (Wildman–Crippen LogP) is 4.19. The summed E-state index contributed by atoms with van der Waals surface area (Å²) in [6.45, 7) is 2.16. The molecule has 0 aliphatic rings. The van der Waals surface area contributed by atoms with Crippen molar-refractivity contribution in [1.29, 1.82) is 0 Å². The molecule has 0 aliphatic carbocycles. The largest absolute Gasteiger partial charge is 0.472 e. The van der Waals surface area contributed by atoms with Gasteiger partial charge in [0.25, 0.3) is 0 Å². The van der Waals surface area contributed by atoms with E-state index < -0.39 is 0 Å². The molecule has 2 rings (SSSR count). The van der Waals surface area contributed by atoms with Crippen molar-refractivity contribution in [2.24, 2.45) is 0 Å². The molecule has 2 aromatic rings. The van der Waals surface area contributed by atoms with Gasteiger partial charge in [0.15, 0.2) is 0 Å². The Bertz CT molecular complexity index is 540. The van der Waals surface area contributed by atoms with Crippen LogP contribution in [0.25, 0.3) is 0 Å². The number of benzene rings is 1. The van der Waals surface area contributed by atoms with E-state index in [2.05, 4.69) is 16.9 Å². The van der Waals surface area contributed by atoms with Crippen molar-refractivity contribution in [1.82, 2.24) is 9.97 Å². The average Bonchev–Trinajstić information content (AvgIpc) is 2.46. The molecule has 0 spiro atoms. The summed E-state index contributed by atoms with van der Waals surface area (Å²) in [7, 11) is 0. The number of ether oxygens (including phenoxy) is 1. The standard InChI is InChI=1S/C15H16ClFN2O/c1-2-3-5-11-8-19-15(9-18-11)20-10-12-13(16)6-4-7-14(12)17/h4,6-9H,2-3,5,10H2,1H3. The number of nitrogens with zero attached hydrogens (tertiary/aromatic N) is 2. The van der Waals surface area contributed by atoms with E-state index in [1.165, 1.54) is 6.07 Å². The van der Waals surface area contributed by atoms with Gasteiger partial charge < -0.3 is 4.74 Å². The lowest BCUT2D eigenvalue weighted by atomic mass is 10.2. The molecule has 5 heteroatoms. The molecule has 1 aromatic heterocycles. The molecule has 0 aliphatic heterocycles. The normalized spacial score (nSPS) is 10.6. The van der Waals surface area contributed by atoms with Crippen molar-refractivity contribution in [3.05, 3.63) is 52.7 Å². The van der Waals surface area contributed by atoms with Crippen LogP contribution < -0.4 is 4.74 Å². The number of rotatable bonds is 6. The van der Waals surface area contributed by atoms with E-state index in [1.54, 1.807) is 24.5 Å². The first-order chi connectivity index (χ1) is 9.70. The summed E-state index contributed by atoms with van der Waals surface area (Å²) in [4.78, 5) is 8.41. The van der Waals surface area contributed by atoms with Gasteiger partial charge in [-0.15, -0.1) is 0 Å². The maximum Gasteiger partial charge on any atom is 0.232 e. The highest BCUT2D eigenvalue weighted by atomic mass is 35.5. The van der Waals surface area contributed by atoms with Crippen LogP contribution in [0.5, 0.6) is 5.88 Å². The van der Waals surface area contributed by atoms with Gasteiger partial charge in [-0.05, 0) is 25.0 Å². The molecular formula is C15H16ClFN2O. The lowest BCUT2D eigenvalue weighted by Gasteiger charge is -2.08. The number of hydrogen-bond acceptors (Lipinski definition) is 3. The number of halogens is 2. The third-order valence-corrected chi connectivity index (χ3v) is 3.25. The van der Waals surface area contributed by atoms with Crippen molar-refractivity contribution in [3.63, 3.8) is 0 Å². The molecule has 106 valence electrons. The van der Waals surface area contributed by atoms with Crippen LogP contribution in [0.3, 0.4) is 0 Å². The number of unbranched alkanes of at least 4 members (excludes halogenated alkanes) is 1. The van der Waals surface area contributed by atoms with Gasteiger partial charge in [0.05, 0.1) is 23.1 Å². The van der Waals surface area contributed by atoms with E-state index in [9.17, 15) is 4.39 Å². The third kappa shape index (κ3) is 3.90. The van der Waals surface area contributed by atoms with Gasteiger partial charge in [-0.2, -0.15) is 0 Å². The SMILES string of the molecule is CCCCc1cnc(OCc2c(F)cccc2Cl)cn1. The fourth-order valence-electron chi connectivity index (χ4n) is 1.72. The summed E-state index contributed by atoms with van der Waals surface area (Å²) in [6.07, 6.45) is 6.35. The number of aryl methyl sites for hydroxylation is 1. The summed E-state index contributed by atoms with van der Waals surface area (Å²) in [5, 5.41) is 0.345. The van der Waals surface area contributed by atoms with Crippen LogP contribution in [0.1, 0.15) is 31.0 Å². The molecule has 0 fully saturated rings. The fourth-order valence-corrected chi connectivity index (χ4v) is 1.94. The molecule has 0 amide bonds. The van der Waals surface area contributed by atoms with Gasteiger partial charge in [-0.25, -0.2) is 9.37 Å². The van der Waals surface area contributed by atoms with Gasteiger partial charge in [0.2, 0.25) is 5.88 Å².